The monoisotopic (exact) mass is 453 g/mol. The number of hydrogen-bond acceptors (Lipinski definition) is 2. The Morgan fingerprint density at radius 1 is 0.743 bits per heavy atom. The van der Waals surface area contributed by atoms with Gasteiger partial charge in [-0.25, -0.2) is 0 Å². The molecule has 1 heterocycles. The highest BCUT2D eigenvalue weighted by atomic mass is 14.7. The molecule has 6 rings (SSSR count). The first-order chi connectivity index (χ1) is 16.9. The van der Waals surface area contributed by atoms with Crippen LogP contribution in [-0.2, 0) is 0 Å². The number of benzene rings is 4. The Kier molecular flexibility index (Phi) is 4.75. The molecule has 4 aromatic carbocycles. The van der Waals surface area contributed by atoms with Gasteiger partial charge in [-0.2, -0.15) is 0 Å². The topological polar surface area (TPSA) is 65.7 Å². The van der Waals surface area contributed by atoms with E-state index in [0.29, 0.717) is 11.4 Å². The van der Waals surface area contributed by atoms with Gasteiger partial charge in [-0.15, -0.1) is 0 Å². The van der Waals surface area contributed by atoms with Crippen LogP contribution in [0.1, 0.15) is 19.4 Å². The van der Waals surface area contributed by atoms with Crippen molar-refractivity contribution in [1.29, 1.82) is 5.41 Å². The van der Waals surface area contributed by atoms with Crippen molar-refractivity contribution in [2.45, 2.75) is 13.8 Å². The summed E-state index contributed by atoms with van der Waals surface area (Å²) in [5, 5.41) is 11.5. The SMILES string of the molecule is CC1(C)C=C(N)C(C(=N)c2ccccc2-c2cccc(-c3cccc4c3[nH]c3ccccc34)c2)=C1. The van der Waals surface area contributed by atoms with E-state index in [9.17, 15) is 0 Å². The molecule has 0 atom stereocenters. The molecule has 1 aliphatic carbocycles. The van der Waals surface area contributed by atoms with Crippen LogP contribution in [-0.4, -0.2) is 10.7 Å². The summed E-state index contributed by atoms with van der Waals surface area (Å²) >= 11 is 0. The van der Waals surface area contributed by atoms with Crippen LogP contribution in [0.4, 0.5) is 0 Å². The Labute approximate surface area is 205 Å². The molecule has 4 N–H and O–H groups in total. The summed E-state index contributed by atoms with van der Waals surface area (Å²) in [6, 6.07) is 31.6. The van der Waals surface area contributed by atoms with E-state index in [-0.39, 0.29) is 5.41 Å². The van der Waals surface area contributed by atoms with Crippen molar-refractivity contribution in [1.82, 2.24) is 4.98 Å². The number of allylic oxidation sites excluding steroid dienone is 3. The zero-order valence-corrected chi connectivity index (χ0v) is 19.9. The van der Waals surface area contributed by atoms with Gasteiger partial charge in [0.2, 0.25) is 0 Å². The maximum Gasteiger partial charge on any atom is 0.0708 e. The summed E-state index contributed by atoms with van der Waals surface area (Å²) < 4.78 is 0. The molecule has 170 valence electrons. The standard InChI is InChI=1S/C32H27N3/c1-32(2)18-27(28(33)19-32)30(34)25-13-4-3-11-22(25)20-9-7-10-21(17-20)23-14-8-15-26-24-12-5-6-16-29(24)35-31(23)26/h3-19,34-35H,33H2,1-2H3. The van der Waals surface area contributed by atoms with Crippen molar-refractivity contribution < 1.29 is 0 Å². The first kappa shape index (κ1) is 21.2. The fraction of sp³-hybridized carbons (Fsp3) is 0.0938. The first-order valence-electron chi connectivity index (χ1n) is 11.9. The fourth-order valence-corrected chi connectivity index (χ4v) is 5.26. The van der Waals surface area contributed by atoms with E-state index in [0.717, 1.165) is 38.9 Å². The largest absolute Gasteiger partial charge is 0.398 e. The molecule has 0 saturated carbocycles. The average molecular weight is 454 g/mol. The molecule has 1 aliphatic rings. The van der Waals surface area contributed by atoms with E-state index in [2.05, 4.69) is 97.7 Å². The third-order valence-electron chi connectivity index (χ3n) is 6.85. The molecule has 0 unspecified atom stereocenters. The van der Waals surface area contributed by atoms with E-state index < -0.39 is 0 Å². The van der Waals surface area contributed by atoms with Gasteiger partial charge in [0.15, 0.2) is 0 Å². The number of nitrogens with two attached hydrogens (primary N) is 1. The van der Waals surface area contributed by atoms with Gasteiger partial charge in [0, 0.05) is 44.1 Å². The maximum absolute atomic E-state index is 9.02. The predicted octanol–water partition coefficient (Wildman–Crippen LogP) is 7.83. The van der Waals surface area contributed by atoms with Gasteiger partial charge >= 0.3 is 0 Å². The van der Waals surface area contributed by atoms with Gasteiger partial charge in [0.05, 0.1) is 11.2 Å². The molecule has 0 spiro atoms. The van der Waals surface area contributed by atoms with Crippen LogP contribution in [0.3, 0.4) is 0 Å². The van der Waals surface area contributed by atoms with Crippen LogP contribution < -0.4 is 5.73 Å². The molecule has 0 aliphatic heterocycles. The molecule has 3 nitrogen and oxygen atoms in total. The summed E-state index contributed by atoms with van der Waals surface area (Å²) in [5.74, 6) is 0. The molecule has 0 saturated heterocycles. The second-order valence-corrected chi connectivity index (χ2v) is 9.88. The minimum atomic E-state index is -0.140. The van der Waals surface area contributed by atoms with Crippen LogP contribution in [0.5, 0.6) is 0 Å². The number of H-pyrrole nitrogens is 1. The smallest absolute Gasteiger partial charge is 0.0708 e. The lowest BCUT2D eigenvalue weighted by Gasteiger charge is -2.14. The van der Waals surface area contributed by atoms with Crippen molar-refractivity contribution in [3.05, 3.63) is 120 Å². The first-order valence-corrected chi connectivity index (χ1v) is 11.9. The summed E-state index contributed by atoms with van der Waals surface area (Å²) in [5.41, 5.74) is 15.7. The zero-order chi connectivity index (χ0) is 24.2. The molecule has 0 amide bonds. The minimum absolute atomic E-state index is 0.140. The Morgan fingerprint density at radius 2 is 1.40 bits per heavy atom. The third-order valence-corrected chi connectivity index (χ3v) is 6.85. The Balaban J connectivity index is 1.47. The Hall–Kier alpha value is -4.37. The summed E-state index contributed by atoms with van der Waals surface area (Å²) in [6.07, 6.45) is 4.12. The Bertz CT molecular complexity index is 1690. The third kappa shape index (κ3) is 3.57. The molecule has 1 aromatic heterocycles. The molecule has 0 radical (unpaired) electrons. The van der Waals surface area contributed by atoms with Gasteiger partial charge in [-0.05, 0) is 28.8 Å². The molecular weight excluding hydrogens is 426 g/mol. The molecule has 0 bridgehead atoms. The number of aromatic nitrogens is 1. The number of para-hydroxylation sites is 2. The molecule has 35 heavy (non-hydrogen) atoms. The predicted molar refractivity (Wildman–Crippen MR) is 148 cm³/mol. The average Bonchev–Trinajstić information content (AvgIpc) is 3.39. The minimum Gasteiger partial charge on any atom is -0.398 e. The number of aromatic amines is 1. The molecular formula is C32H27N3. The van der Waals surface area contributed by atoms with Gasteiger partial charge in [-0.1, -0.05) is 105 Å². The van der Waals surface area contributed by atoms with E-state index in [1.165, 1.54) is 16.3 Å². The van der Waals surface area contributed by atoms with Crippen molar-refractivity contribution in [2.24, 2.45) is 11.1 Å². The van der Waals surface area contributed by atoms with E-state index in [4.69, 9.17) is 11.1 Å². The fourth-order valence-electron chi connectivity index (χ4n) is 5.26. The number of hydrogen-bond donors (Lipinski definition) is 3. The zero-order valence-electron chi connectivity index (χ0n) is 19.9. The van der Waals surface area contributed by atoms with Gasteiger partial charge in [-0.3, -0.25) is 5.41 Å². The number of rotatable bonds is 4. The van der Waals surface area contributed by atoms with Crippen LogP contribution in [0.2, 0.25) is 0 Å². The van der Waals surface area contributed by atoms with Crippen LogP contribution in [0, 0.1) is 10.8 Å². The molecule has 0 fully saturated rings. The highest BCUT2D eigenvalue weighted by molar-refractivity contribution is 6.17. The summed E-state index contributed by atoms with van der Waals surface area (Å²) in [6.45, 7) is 4.22. The van der Waals surface area contributed by atoms with Gasteiger partial charge in [0.1, 0.15) is 0 Å². The lowest BCUT2D eigenvalue weighted by atomic mass is 9.90. The number of fused-ring (bicyclic) bond motifs is 3. The highest BCUT2D eigenvalue weighted by Crippen LogP contribution is 2.37. The van der Waals surface area contributed by atoms with E-state index in [1.54, 1.807) is 0 Å². The van der Waals surface area contributed by atoms with Crippen LogP contribution in [0.25, 0.3) is 44.1 Å². The highest BCUT2D eigenvalue weighted by Gasteiger charge is 2.26. The lowest BCUT2D eigenvalue weighted by Crippen LogP contribution is -2.10. The van der Waals surface area contributed by atoms with Crippen molar-refractivity contribution >= 4 is 27.5 Å². The lowest BCUT2D eigenvalue weighted by molar-refractivity contribution is 0.634. The second-order valence-electron chi connectivity index (χ2n) is 9.88. The molecule has 3 heteroatoms. The quantitative estimate of drug-likeness (QED) is 0.239. The van der Waals surface area contributed by atoms with E-state index in [1.807, 2.05) is 24.3 Å². The van der Waals surface area contributed by atoms with Crippen molar-refractivity contribution in [2.75, 3.05) is 0 Å². The van der Waals surface area contributed by atoms with Gasteiger partial charge < -0.3 is 10.7 Å². The summed E-state index contributed by atoms with van der Waals surface area (Å²) in [7, 11) is 0. The summed E-state index contributed by atoms with van der Waals surface area (Å²) in [4.78, 5) is 3.62. The second kappa shape index (κ2) is 7.85. The van der Waals surface area contributed by atoms with Crippen LogP contribution in [0.15, 0.2) is 114 Å². The Morgan fingerprint density at radius 3 is 2.20 bits per heavy atom. The van der Waals surface area contributed by atoms with Crippen molar-refractivity contribution in [3.63, 3.8) is 0 Å². The normalized spacial score (nSPS) is 14.8. The van der Waals surface area contributed by atoms with E-state index >= 15 is 0 Å². The van der Waals surface area contributed by atoms with Crippen molar-refractivity contribution in [3.8, 4) is 22.3 Å². The molecule has 5 aromatic rings. The van der Waals surface area contributed by atoms with Gasteiger partial charge in [0.25, 0.3) is 0 Å². The number of nitrogens with one attached hydrogen (secondary N) is 2. The van der Waals surface area contributed by atoms with Crippen LogP contribution >= 0.6 is 0 Å². The maximum atomic E-state index is 9.02.